The van der Waals surface area contributed by atoms with Crippen molar-refractivity contribution < 1.29 is 21.6 Å². The second-order valence-corrected chi connectivity index (χ2v) is 9.12. The van der Waals surface area contributed by atoms with Gasteiger partial charge in [0.1, 0.15) is 0 Å². The summed E-state index contributed by atoms with van der Waals surface area (Å²) in [6.07, 6.45) is 0. The first kappa shape index (κ1) is 18.4. The maximum Gasteiger partial charge on any atom is 0.261 e. The average Bonchev–Trinajstić information content (AvgIpc) is 2.37. The number of nitrogens with one attached hydrogen (secondary N) is 1. The molecule has 0 bridgehead atoms. The highest BCUT2D eigenvalue weighted by Crippen LogP contribution is 2.18. The van der Waals surface area contributed by atoms with Crippen molar-refractivity contribution in [2.75, 3.05) is 13.7 Å². The summed E-state index contributed by atoms with van der Waals surface area (Å²) < 4.78 is 54.2. The molecule has 1 aromatic rings. The summed E-state index contributed by atoms with van der Waals surface area (Å²) in [5, 5.41) is 0. The van der Waals surface area contributed by atoms with Gasteiger partial charge in [0.05, 0.1) is 16.4 Å². The SMILES string of the molecule is COCC(NS(=O)(=O)c1ccc(S(=O)(=O)Cl)cc1)C(C)C. The number of methoxy groups -OCH3 is 1. The Balaban J connectivity index is 3.03. The van der Waals surface area contributed by atoms with Crippen LogP contribution in [-0.4, -0.2) is 36.6 Å². The van der Waals surface area contributed by atoms with Gasteiger partial charge in [-0.2, -0.15) is 0 Å². The zero-order valence-electron chi connectivity index (χ0n) is 11.9. The van der Waals surface area contributed by atoms with E-state index in [-0.39, 0.29) is 28.4 Å². The third-order valence-corrected chi connectivity index (χ3v) is 5.75. The van der Waals surface area contributed by atoms with Crippen molar-refractivity contribution in [1.29, 1.82) is 0 Å². The molecule has 1 aromatic carbocycles. The smallest absolute Gasteiger partial charge is 0.261 e. The van der Waals surface area contributed by atoms with Gasteiger partial charge in [-0.15, -0.1) is 0 Å². The van der Waals surface area contributed by atoms with E-state index in [1.807, 2.05) is 13.8 Å². The molecule has 0 spiro atoms. The largest absolute Gasteiger partial charge is 0.383 e. The van der Waals surface area contributed by atoms with Crippen LogP contribution in [0.2, 0.25) is 0 Å². The van der Waals surface area contributed by atoms with E-state index in [1.165, 1.54) is 19.2 Å². The molecule has 0 aliphatic rings. The molecular formula is C12H18ClNO5S2. The Labute approximate surface area is 129 Å². The van der Waals surface area contributed by atoms with Crippen LogP contribution >= 0.6 is 10.7 Å². The van der Waals surface area contributed by atoms with Gasteiger partial charge in [-0.25, -0.2) is 21.6 Å². The number of hydrogen-bond acceptors (Lipinski definition) is 5. The second kappa shape index (κ2) is 7.06. The van der Waals surface area contributed by atoms with Crippen LogP contribution < -0.4 is 4.72 Å². The minimum Gasteiger partial charge on any atom is -0.383 e. The van der Waals surface area contributed by atoms with Crippen molar-refractivity contribution in [3.63, 3.8) is 0 Å². The third-order valence-electron chi connectivity index (χ3n) is 2.87. The molecule has 0 saturated heterocycles. The molecule has 1 rings (SSSR count). The van der Waals surface area contributed by atoms with Gasteiger partial charge in [-0.1, -0.05) is 13.8 Å². The van der Waals surface area contributed by atoms with Crippen LogP contribution in [0.1, 0.15) is 13.8 Å². The molecule has 0 aliphatic heterocycles. The molecule has 21 heavy (non-hydrogen) atoms. The van der Waals surface area contributed by atoms with E-state index in [0.29, 0.717) is 0 Å². The van der Waals surface area contributed by atoms with Crippen molar-refractivity contribution in [3.05, 3.63) is 24.3 Å². The Kier molecular flexibility index (Phi) is 6.18. The Morgan fingerprint density at radius 3 is 1.95 bits per heavy atom. The van der Waals surface area contributed by atoms with Gasteiger partial charge in [0.2, 0.25) is 10.0 Å². The van der Waals surface area contributed by atoms with Gasteiger partial charge in [0.25, 0.3) is 9.05 Å². The standard InChI is InChI=1S/C12H18ClNO5S2/c1-9(2)12(8-19-3)14-21(17,18)11-6-4-10(5-7-11)20(13,15)16/h4-7,9,12,14H,8H2,1-3H3. The topological polar surface area (TPSA) is 89.5 Å². The summed E-state index contributed by atoms with van der Waals surface area (Å²) in [5.74, 6) is 0.0437. The van der Waals surface area contributed by atoms with Crippen LogP contribution in [-0.2, 0) is 23.8 Å². The van der Waals surface area contributed by atoms with E-state index >= 15 is 0 Å². The molecule has 1 unspecified atom stereocenters. The molecular weight excluding hydrogens is 338 g/mol. The van der Waals surface area contributed by atoms with Crippen LogP contribution in [0.4, 0.5) is 0 Å². The summed E-state index contributed by atoms with van der Waals surface area (Å²) in [5.41, 5.74) is 0. The van der Waals surface area contributed by atoms with Crippen LogP contribution in [0.25, 0.3) is 0 Å². The fourth-order valence-electron chi connectivity index (χ4n) is 1.59. The van der Waals surface area contributed by atoms with Crippen molar-refractivity contribution >= 4 is 29.8 Å². The predicted octanol–water partition coefficient (Wildman–Crippen LogP) is 1.56. The summed E-state index contributed by atoms with van der Waals surface area (Å²) in [4.78, 5) is -0.186. The van der Waals surface area contributed by atoms with E-state index in [0.717, 1.165) is 12.1 Å². The molecule has 0 radical (unpaired) electrons. The van der Waals surface area contributed by atoms with Gasteiger partial charge in [-0.3, -0.25) is 0 Å². The third kappa shape index (κ3) is 5.23. The summed E-state index contributed by atoms with van der Waals surface area (Å²) in [7, 11) is -0.957. The Morgan fingerprint density at radius 2 is 1.57 bits per heavy atom. The summed E-state index contributed by atoms with van der Waals surface area (Å²) >= 11 is 0. The lowest BCUT2D eigenvalue weighted by Crippen LogP contribution is -2.41. The van der Waals surface area contributed by atoms with Crippen LogP contribution in [0, 0.1) is 5.92 Å². The maximum atomic E-state index is 12.2. The van der Waals surface area contributed by atoms with Gasteiger partial charge < -0.3 is 4.74 Å². The van der Waals surface area contributed by atoms with Gasteiger partial charge >= 0.3 is 0 Å². The fraction of sp³-hybridized carbons (Fsp3) is 0.500. The van der Waals surface area contributed by atoms with E-state index in [2.05, 4.69) is 4.72 Å². The molecule has 0 fully saturated rings. The highest BCUT2D eigenvalue weighted by atomic mass is 35.7. The molecule has 1 N–H and O–H groups in total. The summed E-state index contributed by atoms with van der Waals surface area (Å²) in [6, 6.07) is 4.31. The number of halogens is 1. The van der Waals surface area contributed by atoms with E-state index in [1.54, 1.807) is 0 Å². The molecule has 120 valence electrons. The number of hydrogen-bond donors (Lipinski definition) is 1. The molecule has 9 heteroatoms. The Bertz CT molecular complexity index is 668. The molecule has 0 saturated carbocycles. The van der Waals surface area contributed by atoms with Crippen LogP contribution in [0.3, 0.4) is 0 Å². The Morgan fingerprint density at radius 1 is 1.10 bits per heavy atom. The molecule has 0 aromatic heterocycles. The first-order valence-electron chi connectivity index (χ1n) is 6.14. The Hall–Kier alpha value is -0.670. The number of rotatable bonds is 7. The van der Waals surface area contributed by atoms with Crippen molar-refractivity contribution in [2.45, 2.75) is 29.7 Å². The lowest BCUT2D eigenvalue weighted by molar-refractivity contribution is 0.157. The van der Waals surface area contributed by atoms with Crippen molar-refractivity contribution in [1.82, 2.24) is 4.72 Å². The van der Waals surface area contributed by atoms with Gasteiger partial charge in [-0.05, 0) is 30.2 Å². The van der Waals surface area contributed by atoms with Crippen molar-refractivity contribution in [2.24, 2.45) is 5.92 Å². The normalized spacial score (nSPS) is 14.3. The lowest BCUT2D eigenvalue weighted by Gasteiger charge is -2.21. The van der Waals surface area contributed by atoms with Crippen LogP contribution in [0.15, 0.2) is 34.1 Å². The molecule has 6 nitrogen and oxygen atoms in total. The number of ether oxygens (including phenoxy) is 1. The molecule has 0 aliphatic carbocycles. The zero-order valence-corrected chi connectivity index (χ0v) is 14.3. The minimum absolute atomic E-state index is 0.0340. The minimum atomic E-state index is -3.87. The molecule has 0 heterocycles. The zero-order chi connectivity index (χ0) is 16.3. The van der Waals surface area contributed by atoms with Gasteiger partial charge in [0.15, 0.2) is 0 Å². The van der Waals surface area contributed by atoms with Crippen molar-refractivity contribution in [3.8, 4) is 0 Å². The van der Waals surface area contributed by atoms with Crippen LogP contribution in [0.5, 0.6) is 0 Å². The highest BCUT2D eigenvalue weighted by molar-refractivity contribution is 8.13. The van der Waals surface area contributed by atoms with E-state index in [9.17, 15) is 16.8 Å². The lowest BCUT2D eigenvalue weighted by atomic mass is 10.1. The number of benzene rings is 1. The summed E-state index contributed by atoms with van der Waals surface area (Å²) in [6.45, 7) is 3.98. The highest BCUT2D eigenvalue weighted by Gasteiger charge is 2.23. The monoisotopic (exact) mass is 355 g/mol. The van der Waals surface area contributed by atoms with E-state index < -0.39 is 19.1 Å². The average molecular weight is 356 g/mol. The fourth-order valence-corrected chi connectivity index (χ4v) is 3.73. The quantitative estimate of drug-likeness (QED) is 0.750. The molecule has 0 amide bonds. The first-order chi connectivity index (χ1) is 9.58. The first-order valence-corrected chi connectivity index (χ1v) is 9.93. The maximum absolute atomic E-state index is 12.2. The van der Waals surface area contributed by atoms with Gasteiger partial charge in [0, 0.05) is 23.8 Å². The van der Waals surface area contributed by atoms with E-state index in [4.69, 9.17) is 15.4 Å². The molecule has 1 atom stereocenters. The number of sulfonamides is 1. The predicted molar refractivity (Wildman–Crippen MR) is 80.3 cm³/mol. The second-order valence-electron chi connectivity index (χ2n) is 4.84.